The molecule has 1 fully saturated rings. The molecule has 0 radical (unpaired) electrons. The van der Waals surface area contributed by atoms with Gasteiger partial charge in [-0.2, -0.15) is 0 Å². The van der Waals surface area contributed by atoms with Crippen LogP contribution >= 0.6 is 0 Å². The standard InChI is InChI=1S/C18H27N5O6/c19-13(5-6-20-14(25)10-24)18(29)22-12-2-1-11(9-12)17(28)21-7-8-23-15(26)3-4-16(23)27/h3-4,11-13,24H,1-2,5-10,19H2,(H,20,25)(H,21,28)(H,22,29)/t11-,12-,13-/m0/s1. The van der Waals surface area contributed by atoms with Gasteiger partial charge < -0.3 is 26.8 Å². The monoisotopic (exact) mass is 409 g/mol. The van der Waals surface area contributed by atoms with Crippen LogP contribution in [0.3, 0.4) is 0 Å². The number of nitrogens with zero attached hydrogens (tertiary/aromatic N) is 1. The third kappa shape index (κ3) is 6.64. The molecule has 160 valence electrons. The average molecular weight is 409 g/mol. The number of nitrogens with two attached hydrogens (primary N) is 1. The molecule has 1 aliphatic carbocycles. The number of carbonyl (C=O) groups is 5. The maximum absolute atomic E-state index is 12.3. The number of nitrogens with one attached hydrogen (secondary N) is 3. The van der Waals surface area contributed by atoms with Gasteiger partial charge in [0.2, 0.25) is 17.7 Å². The fourth-order valence-electron chi connectivity index (χ4n) is 3.30. The minimum absolute atomic E-state index is 0.116. The molecule has 6 N–H and O–H groups in total. The molecule has 0 aromatic heterocycles. The van der Waals surface area contributed by atoms with E-state index in [1.807, 2.05) is 0 Å². The molecular weight excluding hydrogens is 382 g/mol. The number of imide groups is 1. The average Bonchev–Trinajstić information content (AvgIpc) is 3.29. The summed E-state index contributed by atoms with van der Waals surface area (Å²) in [6.45, 7) is -0.142. The van der Waals surface area contributed by atoms with Crippen LogP contribution in [0.1, 0.15) is 25.7 Å². The molecule has 1 aliphatic heterocycles. The van der Waals surface area contributed by atoms with Crippen LogP contribution in [0.25, 0.3) is 0 Å². The summed E-state index contributed by atoms with van der Waals surface area (Å²) in [5.74, 6) is -2.10. The molecule has 2 rings (SSSR count). The van der Waals surface area contributed by atoms with Crippen LogP contribution in [0.2, 0.25) is 0 Å². The number of carbonyl (C=O) groups excluding carboxylic acids is 5. The molecule has 0 bridgehead atoms. The molecular formula is C18H27N5O6. The van der Waals surface area contributed by atoms with Crippen molar-refractivity contribution in [2.24, 2.45) is 11.7 Å². The number of hydrogen-bond donors (Lipinski definition) is 5. The summed E-state index contributed by atoms with van der Waals surface area (Å²) in [5.41, 5.74) is 5.80. The normalized spacial score (nSPS) is 21.9. The highest BCUT2D eigenvalue weighted by molar-refractivity contribution is 6.12. The summed E-state index contributed by atoms with van der Waals surface area (Å²) in [4.78, 5) is 59.3. The van der Waals surface area contributed by atoms with Gasteiger partial charge in [-0.3, -0.25) is 28.9 Å². The van der Waals surface area contributed by atoms with Gasteiger partial charge in [-0.25, -0.2) is 0 Å². The van der Waals surface area contributed by atoms with E-state index in [0.29, 0.717) is 19.3 Å². The van der Waals surface area contributed by atoms with E-state index in [2.05, 4.69) is 16.0 Å². The molecule has 2 aliphatic rings. The van der Waals surface area contributed by atoms with Gasteiger partial charge in [0.25, 0.3) is 11.8 Å². The lowest BCUT2D eigenvalue weighted by molar-refractivity contribution is -0.137. The predicted molar refractivity (Wildman–Crippen MR) is 101 cm³/mol. The fraction of sp³-hybridized carbons (Fsp3) is 0.611. The van der Waals surface area contributed by atoms with Crippen molar-refractivity contribution in [2.75, 3.05) is 26.2 Å². The summed E-state index contributed by atoms with van der Waals surface area (Å²) in [6, 6.07) is -0.965. The summed E-state index contributed by atoms with van der Waals surface area (Å²) in [5, 5.41) is 16.6. The second-order valence-electron chi connectivity index (χ2n) is 7.07. The molecule has 1 heterocycles. The summed E-state index contributed by atoms with van der Waals surface area (Å²) in [6.07, 6.45) is 4.36. The van der Waals surface area contributed by atoms with Crippen LogP contribution in [0, 0.1) is 5.92 Å². The largest absolute Gasteiger partial charge is 0.387 e. The van der Waals surface area contributed by atoms with Crippen LogP contribution in [0.15, 0.2) is 12.2 Å². The lowest BCUT2D eigenvalue weighted by Crippen LogP contribution is -2.46. The first-order valence-electron chi connectivity index (χ1n) is 9.56. The van der Waals surface area contributed by atoms with Crippen molar-refractivity contribution in [3.05, 3.63) is 12.2 Å². The summed E-state index contributed by atoms with van der Waals surface area (Å²) in [7, 11) is 0. The molecule has 3 atom stereocenters. The van der Waals surface area contributed by atoms with Gasteiger partial charge in [0.05, 0.1) is 6.04 Å². The van der Waals surface area contributed by atoms with E-state index in [1.54, 1.807) is 0 Å². The first-order chi connectivity index (χ1) is 13.8. The highest BCUT2D eigenvalue weighted by Gasteiger charge is 2.32. The maximum atomic E-state index is 12.3. The quantitative estimate of drug-likeness (QED) is 0.241. The van der Waals surface area contributed by atoms with Crippen LogP contribution in [0.4, 0.5) is 0 Å². The van der Waals surface area contributed by atoms with Gasteiger partial charge in [0.1, 0.15) is 6.61 Å². The van der Waals surface area contributed by atoms with E-state index in [0.717, 1.165) is 4.90 Å². The molecule has 0 saturated heterocycles. The Morgan fingerprint density at radius 1 is 1.14 bits per heavy atom. The molecule has 29 heavy (non-hydrogen) atoms. The van der Waals surface area contributed by atoms with E-state index >= 15 is 0 Å². The Labute approximate surface area is 168 Å². The van der Waals surface area contributed by atoms with Crippen molar-refractivity contribution < 1.29 is 29.1 Å². The number of aliphatic hydroxyl groups excluding tert-OH is 1. The maximum Gasteiger partial charge on any atom is 0.253 e. The van der Waals surface area contributed by atoms with Crippen LogP contribution in [-0.2, 0) is 24.0 Å². The molecule has 0 unspecified atom stereocenters. The molecule has 1 saturated carbocycles. The second kappa shape index (κ2) is 10.7. The molecule has 11 nitrogen and oxygen atoms in total. The number of rotatable bonds is 10. The lowest BCUT2D eigenvalue weighted by atomic mass is 10.1. The van der Waals surface area contributed by atoms with Gasteiger partial charge in [-0.15, -0.1) is 0 Å². The molecule has 0 aromatic rings. The first kappa shape index (κ1) is 22.5. The third-order valence-corrected chi connectivity index (χ3v) is 4.94. The highest BCUT2D eigenvalue weighted by atomic mass is 16.3. The molecule has 0 spiro atoms. The Morgan fingerprint density at radius 3 is 2.48 bits per heavy atom. The van der Waals surface area contributed by atoms with Crippen molar-refractivity contribution in [1.82, 2.24) is 20.9 Å². The van der Waals surface area contributed by atoms with Crippen molar-refractivity contribution in [1.29, 1.82) is 0 Å². The zero-order valence-electron chi connectivity index (χ0n) is 16.1. The third-order valence-electron chi connectivity index (χ3n) is 4.94. The molecule has 0 aromatic carbocycles. The van der Waals surface area contributed by atoms with E-state index in [1.165, 1.54) is 12.2 Å². The van der Waals surface area contributed by atoms with Crippen molar-refractivity contribution in [3.8, 4) is 0 Å². The minimum atomic E-state index is -0.800. The summed E-state index contributed by atoms with van der Waals surface area (Å²) >= 11 is 0. The van der Waals surface area contributed by atoms with E-state index in [9.17, 15) is 24.0 Å². The topological polar surface area (TPSA) is 171 Å². The Hall–Kier alpha value is -2.79. The zero-order valence-corrected chi connectivity index (χ0v) is 16.1. The van der Waals surface area contributed by atoms with Gasteiger partial charge in [-0.1, -0.05) is 0 Å². The Bertz CT molecular complexity index is 676. The van der Waals surface area contributed by atoms with E-state index in [-0.39, 0.29) is 61.6 Å². The van der Waals surface area contributed by atoms with Gasteiger partial charge >= 0.3 is 0 Å². The number of hydrogen-bond acceptors (Lipinski definition) is 7. The number of amides is 5. The number of aliphatic hydroxyl groups is 1. The molecule has 11 heteroatoms. The van der Waals surface area contributed by atoms with Crippen LogP contribution in [-0.4, -0.2) is 77.9 Å². The first-order valence-corrected chi connectivity index (χ1v) is 9.56. The van der Waals surface area contributed by atoms with Crippen LogP contribution < -0.4 is 21.7 Å². The van der Waals surface area contributed by atoms with Crippen molar-refractivity contribution in [2.45, 2.75) is 37.8 Å². The van der Waals surface area contributed by atoms with Gasteiger partial charge in [0.15, 0.2) is 0 Å². The minimum Gasteiger partial charge on any atom is -0.387 e. The van der Waals surface area contributed by atoms with Crippen LogP contribution in [0.5, 0.6) is 0 Å². The van der Waals surface area contributed by atoms with Crippen molar-refractivity contribution in [3.63, 3.8) is 0 Å². The summed E-state index contributed by atoms with van der Waals surface area (Å²) < 4.78 is 0. The Kier molecular flexibility index (Phi) is 8.28. The zero-order chi connectivity index (χ0) is 21.4. The smallest absolute Gasteiger partial charge is 0.253 e. The fourth-order valence-corrected chi connectivity index (χ4v) is 3.30. The SMILES string of the molecule is N[C@@H](CCNC(=O)CO)C(=O)N[C@H]1CC[C@H](C(=O)NCCN2C(=O)C=CC2=O)C1. The Balaban J connectivity index is 1.65. The predicted octanol–water partition coefficient (Wildman–Crippen LogP) is -2.86. The highest BCUT2D eigenvalue weighted by Crippen LogP contribution is 2.25. The lowest BCUT2D eigenvalue weighted by Gasteiger charge is -2.18. The Morgan fingerprint density at radius 2 is 1.83 bits per heavy atom. The molecule has 5 amide bonds. The van der Waals surface area contributed by atoms with Gasteiger partial charge in [-0.05, 0) is 25.7 Å². The van der Waals surface area contributed by atoms with E-state index in [4.69, 9.17) is 10.8 Å². The van der Waals surface area contributed by atoms with E-state index < -0.39 is 18.6 Å². The van der Waals surface area contributed by atoms with Gasteiger partial charge in [0, 0.05) is 43.7 Å². The second-order valence-corrected chi connectivity index (χ2v) is 7.07. The van der Waals surface area contributed by atoms with Crippen molar-refractivity contribution >= 4 is 29.5 Å².